The van der Waals surface area contributed by atoms with E-state index in [4.69, 9.17) is 4.74 Å². The number of nitrogens with one attached hydrogen (secondary N) is 1. The summed E-state index contributed by atoms with van der Waals surface area (Å²) in [4.78, 5) is 28.0. The van der Waals surface area contributed by atoms with E-state index >= 15 is 0 Å². The summed E-state index contributed by atoms with van der Waals surface area (Å²) in [5.74, 6) is 0.868. The van der Waals surface area contributed by atoms with Crippen molar-refractivity contribution < 1.29 is 14.3 Å². The summed E-state index contributed by atoms with van der Waals surface area (Å²) < 4.78 is 5.73. The van der Waals surface area contributed by atoms with Gasteiger partial charge < -0.3 is 19.9 Å². The number of piperazine rings is 1. The van der Waals surface area contributed by atoms with E-state index in [0.29, 0.717) is 31.8 Å². The van der Waals surface area contributed by atoms with Crippen LogP contribution in [0.2, 0.25) is 0 Å². The molecule has 1 saturated heterocycles. The number of amides is 2. The molecule has 6 nitrogen and oxygen atoms in total. The Morgan fingerprint density at radius 2 is 1.68 bits per heavy atom. The van der Waals surface area contributed by atoms with E-state index in [0.717, 1.165) is 30.1 Å². The highest BCUT2D eigenvalue weighted by Crippen LogP contribution is 2.29. The minimum absolute atomic E-state index is 0.0452. The molecule has 0 unspecified atom stereocenters. The molecule has 2 aromatic rings. The molecule has 1 aliphatic rings. The number of carbonyl (C=O) groups excluding carboxylic acids is 2. The molecular weight excluding hydrogens is 354 g/mol. The highest BCUT2D eigenvalue weighted by molar-refractivity contribution is 5.94. The quantitative estimate of drug-likeness (QED) is 0.836. The van der Waals surface area contributed by atoms with Gasteiger partial charge in [0.1, 0.15) is 5.75 Å². The minimum atomic E-state index is -0.0658. The van der Waals surface area contributed by atoms with Gasteiger partial charge in [-0.2, -0.15) is 0 Å². The van der Waals surface area contributed by atoms with Crippen LogP contribution in [0.15, 0.2) is 48.5 Å². The number of anilines is 1. The first-order valence-corrected chi connectivity index (χ1v) is 9.68. The monoisotopic (exact) mass is 381 g/mol. The van der Waals surface area contributed by atoms with E-state index in [1.54, 1.807) is 0 Å². The van der Waals surface area contributed by atoms with Gasteiger partial charge in [0, 0.05) is 45.2 Å². The van der Waals surface area contributed by atoms with Gasteiger partial charge in [0.25, 0.3) is 5.91 Å². The van der Waals surface area contributed by atoms with E-state index in [9.17, 15) is 9.59 Å². The van der Waals surface area contributed by atoms with Crippen LogP contribution >= 0.6 is 0 Å². The smallest absolute Gasteiger partial charge is 0.253 e. The summed E-state index contributed by atoms with van der Waals surface area (Å²) in [6.45, 7) is 7.47. The molecule has 1 N–H and O–H groups in total. The molecule has 2 amide bonds. The van der Waals surface area contributed by atoms with Crippen molar-refractivity contribution in [1.29, 1.82) is 0 Å². The lowest BCUT2D eigenvalue weighted by Gasteiger charge is -2.36. The van der Waals surface area contributed by atoms with E-state index in [-0.39, 0.29) is 11.8 Å². The third-order valence-electron chi connectivity index (χ3n) is 4.82. The maximum absolute atomic E-state index is 12.8. The molecule has 28 heavy (non-hydrogen) atoms. The molecule has 0 radical (unpaired) electrons. The first-order valence-electron chi connectivity index (χ1n) is 9.68. The van der Waals surface area contributed by atoms with E-state index in [1.807, 2.05) is 54.3 Å². The molecule has 148 valence electrons. The summed E-state index contributed by atoms with van der Waals surface area (Å²) in [6, 6.07) is 15.5. The average molecular weight is 381 g/mol. The van der Waals surface area contributed by atoms with Gasteiger partial charge in [-0.25, -0.2) is 0 Å². The van der Waals surface area contributed by atoms with Gasteiger partial charge in [-0.3, -0.25) is 9.59 Å². The summed E-state index contributed by atoms with van der Waals surface area (Å²) in [7, 11) is 0. The SMILES string of the molecule is CCOc1ccccc1N1CCN(C(=O)c2ccc(CNC(C)=O)cc2)CC1. The van der Waals surface area contributed by atoms with Crippen LogP contribution in [0.3, 0.4) is 0 Å². The lowest BCUT2D eigenvalue weighted by molar-refractivity contribution is -0.119. The molecule has 2 aromatic carbocycles. The van der Waals surface area contributed by atoms with Crippen LogP contribution < -0.4 is 15.0 Å². The normalized spacial score (nSPS) is 13.9. The van der Waals surface area contributed by atoms with Gasteiger partial charge >= 0.3 is 0 Å². The predicted molar refractivity (Wildman–Crippen MR) is 110 cm³/mol. The van der Waals surface area contributed by atoms with Gasteiger partial charge in [0.15, 0.2) is 0 Å². The molecule has 1 heterocycles. The largest absolute Gasteiger partial charge is 0.492 e. The summed E-state index contributed by atoms with van der Waals surface area (Å²) in [5, 5.41) is 2.76. The molecule has 0 atom stereocenters. The third-order valence-corrected chi connectivity index (χ3v) is 4.82. The number of ether oxygens (including phenoxy) is 1. The second-order valence-corrected chi connectivity index (χ2v) is 6.79. The van der Waals surface area contributed by atoms with Crippen LogP contribution in [0.4, 0.5) is 5.69 Å². The Bertz CT molecular complexity index is 812. The molecular formula is C22H27N3O3. The second kappa shape index (κ2) is 9.26. The van der Waals surface area contributed by atoms with E-state index in [1.165, 1.54) is 6.92 Å². The summed E-state index contributed by atoms with van der Waals surface area (Å²) in [6.07, 6.45) is 0. The van der Waals surface area contributed by atoms with Crippen molar-refractivity contribution in [3.63, 3.8) is 0 Å². The first-order chi connectivity index (χ1) is 13.6. The van der Waals surface area contributed by atoms with Crippen molar-refractivity contribution >= 4 is 17.5 Å². The van der Waals surface area contributed by atoms with Crippen molar-refractivity contribution in [1.82, 2.24) is 10.2 Å². The topological polar surface area (TPSA) is 61.9 Å². The number of hydrogen-bond donors (Lipinski definition) is 1. The Balaban J connectivity index is 1.59. The minimum Gasteiger partial charge on any atom is -0.492 e. The zero-order valence-corrected chi connectivity index (χ0v) is 16.5. The lowest BCUT2D eigenvalue weighted by atomic mass is 10.1. The van der Waals surface area contributed by atoms with Crippen LogP contribution in [-0.2, 0) is 11.3 Å². The summed E-state index contributed by atoms with van der Waals surface area (Å²) >= 11 is 0. The van der Waals surface area contributed by atoms with Crippen LogP contribution in [0.25, 0.3) is 0 Å². The van der Waals surface area contributed by atoms with Crippen molar-refractivity contribution in [2.75, 3.05) is 37.7 Å². The Morgan fingerprint density at radius 3 is 2.32 bits per heavy atom. The molecule has 6 heteroatoms. The van der Waals surface area contributed by atoms with Crippen molar-refractivity contribution in [2.24, 2.45) is 0 Å². The number of benzene rings is 2. The number of hydrogen-bond acceptors (Lipinski definition) is 4. The maximum Gasteiger partial charge on any atom is 0.253 e. The zero-order valence-electron chi connectivity index (χ0n) is 16.5. The van der Waals surface area contributed by atoms with Crippen LogP contribution in [0.5, 0.6) is 5.75 Å². The lowest BCUT2D eigenvalue weighted by Crippen LogP contribution is -2.48. The van der Waals surface area contributed by atoms with Gasteiger partial charge in [-0.05, 0) is 36.8 Å². The highest BCUT2D eigenvalue weighted by atomic mass is 16.5. The van der Waals surface area contributed by atoms with Crippen molar-refractivity contribution in [2.45, 2.75) is 20.4 Å². The fraction of sp³-hybridized carbons (Fsp3) is 0.364. The van der Waals surface area contributed by atoms with Crippen molar-refractivity contribution in [3.05, 3.63) is 59.7 Å². The predicted octanol–water partition coefficient (Wildman–Crippen LogP) is 2.68. The molecule has 0 bridgehead atoms. The molecule has 0 aromatic heterocycles. The number of rotatable bonds is 6. The molecule has 0 aliphatic carbocycles. The van der Waals surface area contributed by atoms with Crippen LogP contribution in [0.1, 0.15) is 29.8 Å². The Labute approximate surface area is 166 Å². The maximum atomic E-state index is 12.8. The average Bonchev–Trinajstić information content (AvgIpc) is 2.73. The van der Waals surface area contributed by atoms with Gasteiger partial charge in [-0.15, -0.1) is 0 Å². The van der Waals surface area contributed by atoms with Gasteiger partial charge in [0.05, 0.1) is 12.3 Å². The molecule has 1 fully saturated rings. The molecule has 1 aliphatic heterocycles. The first kappa shape index (κ1) is 19.7. The Kier molecular flexibility index (Phi) is 6.53. The summed E-state index contributed by atoms with van der Waals surface area (Å²) in [5.41, 5.74) is 2.73. The van der Waals surface area contributed by atoms with Gasteiger partial charge in [-0.1, -0.05) is 24.3 Å². The number of nitrogens with zero attached hydrogens (tertiary/aromatic N) is 2. The molecule has 3 rings (SSSR count). The second-order valence-electron chi connectivity index (χ2n) is 6.79. The zero-order chi connectivity index (χ0) is 19.9. The van der Waals surface area contributed by atoms with Crippen LogP contribution in [-0.4, -0.2) is 49.5 Å². The standard InChI is InChI=1S/C22H27N3O3/c1-3-28-21-7-5-4-6-20(21)24-12-14-25(15-13-24)22(27)19-10-8-18(9-11-19)16-23-17(2)26/h4-11H,3,12-16H2,1-2H3,(H,23,26). The van der Waals surface area contributed by atoms with E-state index < -0.39 is 0 Å². The molecule has 0 spiro atoms. The van der Waals surface area contributed by atoms with Crippen LogP contribution in [0, 0.1) is 0 Å². The fourth-order valence-corrected chi connectivity index (χ4v) is 3.32. The van der Waals surface area contributed by atoms with Gasteiger partial charge in [0.2, 0.25) is 5.91 Å². The Hall–Kier alpha value is -3.02. The highest BCUT2D eigenvalue weighted by Gasteiger charge is 2.23. The number of carbonyl (C=O) groups is 2. The molecule has 0 saturated carbocycles. The fourth-order valence-electron chi connectivity index (χ4n) is 3.32. The third kappa shape index (κ3) is 4.82. The Morgan fingerprint density at radius 1 is 1.00 bits per heavy atom. The van der Waals surface area contributed by atoms with E-state index in [2.05, 4.69) is 16.3 Å². The van der Waals surface area contributed by atoms with Crippen molar-refractivity contribution in [3.8, 4) is 5.75 Å². The number of para-hydroxylation sites is 2.